The van der Waals surface area contributed by atoms with Crippen LogP contribution in [0, 0.1) is 6.92 Å². The Morgan fingerprint density at radius 1 is 1.59 bits per heavy atom. The molecule has 7 nitrogen and oxygen atoms in total. The Bertz CT molecular complexity index is 710. The number of nitrogens with one attached hydrogen (secondary N) is 1. The third kappa shape index (κ3) is 1.41. The predicted molar refractivity (Wildman–Crippen MR) is 60.7 cm³/mol. The number of rotatable bonds is 2. The number of oxazole rings is 1. The second-order valence-electron chi connectivity index (χ2n) is 3.40. The van der Waals surface area contributed by atoms with Gasteiger partial charge in [-0.05, 0) is 22.9 Å². The minimum atomic E-state index is 0.357. The van der Waals surface area contributed by atoms with Crippen LogP contribution in [0.3, 0.4) is 0 Å². The van der Waals surface area contributed by atoms with E-state index in [9.17, 15) is 4.79 Å². The average Bonchev–Trinajstić information content (AvgIpc) is 2.92. The van der Waals surface area contributed by atoms with E-state index in [0.717, 1.165) is 6.29 Å². The Kier molecular flexibility index (Phi) is 2.11. The van der Waals surface area contributed by atoms with E-state index >= 15 is 0 Å². The van der Waals surface area contributed by atoms with Crippen LogP contribution in [0.15, 0.2) is 15.3 Å². The van der Waals surface area contributed by atoms with E-state index in [-0.39, 0.29) is 0 Å². The minimum absolute atomic E-state index is 0.357. The highest BCUT2D eigenvalue weighted by Gasteiger charge is 2.20. The maximum atomic E-state index is 10.9. The molecule has 0 radical (unpaired) electrons. The summed E-state index contributed by atoms with van der Waals surface area (Å²) >= 11 is 3.16. The van der Waals surface area contributed by atoms with Crippen LogP contribution in [0.5, 0.6) is 0 Å². The first-order valence-electron chi connectivity index (χ1n) is 4.71. The van der Waals surface area contributed by atoms with Crippen LogP contribution in [-0.4, -0.2) is 31.1 Å². The summed E-state index contributed by atoms with van der Waals surface area (Å²) in [4.78, 5) is 14.9. The summed E-state index contributed by atoms with van der Waals surface area (Å²) in [6.07, 6.45) is 2.18. The van der Waals surface area contributed by atoms with Gasteiger partial charge in [0.15, 0.2) is 6.29 Å². The largest absolute Gasteiger partial charge is 0.427 e. The lowest BCUT2D eigenvalue weighted by Gasteiger charge is -1.95. The quantitative estimate of drug-likeness (QED) is 0.725. The van der Waals surface area contributed by atoms with Crippen molar-refractivity contribution in [2.75, 3.05) is 0 Å². The normalized spacial score (nSPS) is 11.2. The molecule has 0 fully saturated rings. The van der Waals surface area contributed by atoms with E-state index in [1.54, 1.807) is 6.92 Å². The van der Waals surface area contributed by atoms with Gasteiger partial charge in [-0.15, -0.1) is 5.10 Å². The Labute approximate surface area is 103 Å². The van der Waals surface area contributed by atoms with Crippen molar-refractivity contribution >= 4 is 28.1 Å². The van der Waals surface area contributed by atoms with Crippen LogP contribution in [0.1, 0.15) is 16.1 Å². The topological polar surface area (TPSA) is 89.1 Å². The number of aldehydes is 1. The molecule has 86 valence electrons. The third-order valence-electron chi connectivity index (χ3n) is 2.37. The van der Waals surface area contributed by atoms with Crippen molar-refractivity contribution in [3.63, 3.8) is 0 Å². The molecular weight excluding hydrogens is 290 g/mol. The van der Waals surface area contributed by atoms with Gasteiger partial charge in [-0.2, -0.15) is 14.6 Å². The van der Waals surface area contributed by atoms with E-state index in [1.165, 1.54) is 10.7 Å². The second kappa shape index (κ2) is 3.52. The summed E-state index contributed by atoms with van der Waals surface area (Å²) in [5.74, 6) is 0.968. The number of halogens is 1. The molecule has 0 aliphatic carbocycles. The molecule has 3 rings (SSSR count). The number of nitrogens with zero attached hydrogens (tertiary/aromatic N) is 4. The Morgan fingerprint density at radius 2 is 2.41 bits per heavy atom. The monoisotopic (exact) mass is 295 g/mol. The molecule has 0 amide bonds. The molecular formula is C9H6BrN5O2. The molecule has 0 aliphatic heterocycles. The van der Waals surface area contributed by atoms with Crippen molar-refractivity contribution in [1.82, 2.24) is 24.8 Å². The van der Waals surface area contributed by atoms with Crippen LogP contribution < -0.4 is 0 Å². The Hall–Kier alpha value is -1.96. The van der Waals surface area contributed by atoms with Gasteiger partial charge in [0.1, 0.15) is 11.5 Å². The SMILES string of the molecule is Cc1oc2nc(Br)nn2c1-c1[nH]ncc1C=O. The van der Waals surface area contributed by atoms with Gasteiger partial charge in [0.25, 0.3) is 0 Å². The molecule has 8 heteroatoms. The highest BCUT2D eigenvalue weighted by Crippen LogP contribution is 2.27. The summed E-state index contributed by atoms with van der Waals surface area (Å²) in [6, 6.07) is 0. The smallest absolute Gasteiger partial charge is 0.326 e. The molecule has 0 bridgehead atoms. The molecule has 0 saturated carbocycles. The number of hydrogen-bond donors (Lipinski definition) is 1. The number of aryl methyl sites for hydroxylation is 1. The Balaban J connectivity index is 2.35. The fraction of sp³-hybridized carbons (Fsp3) is 0.111. The number of aromatic amines is 1. The van der Waals surface area contributed by atoms with Gasteiger partial charge in [0.05, 0.1) is 17.5 Å². The van der Waals surface area contributed by atoms with E-state index in [1.807, 2.05) is 0 Å². The van der Waals surface area contributed by atoms with Gasteiger partial charge in [0, 0.05) is 0 Å². The van der Waals surface area contributed by atoms with E-state index < -0.39 is 0 Å². The lowest BCUT2D eigenvalue weighted by molar-refractivity contribution is 0.112. The standard InChI is InChI=1S/C9H6BrN5O2/c1-4-7(6-5(3-16)2-11-13-6)15-9(17-4)12-8(10)14-15/h2-3H,1H3,(H,11,13). The third-order valence-corrected chi connectivity index (χ3v) is 2.71. The van der Waals surface area contributed by atoms with Crippen molar-refractivity contribution in [1.29, 1.82) is 0 Å². The first-order valence-corrected chi connectivity index (χ1v) is 5.50. The van der Waals surface area contributed by atoms with Crippen LogP contribution in [-0.2, 0) is 0 Å². The van der Waals surface area contributed by atoms with Crippen molar-refractivity contribution in [3.8, 4) is 11.4 Å². The predicted octanol–water partition coefficient (Wildman–Crippen LogP) is 1.60. The summed E-state index contributed by atoms with van der Waals surface area (Å²) < 4.78 is 7.37. The van der Waals surface area contributed by atoms with E-state index in [4.69, 9.17) is 4.42 Å². The second-order valence-corrected chi connectivity index (χ2v) is 4.11. The van der Waals surface area contributed by atoms with Crippen LogP contribution in [0.25, 0.3) is 17.2 Å². The van der Waals surface area contributed by atoms with Crippen LogP contribution >= 0.6 is 15.9 Å². The highest BCUT2D eigenvalue weighted by atomic mass is 79.9. The van der Waals surface area contributed by atoms with Crippen molar-refractivity contribution < 1.29 is 9.21 Å². The average molecular weight is 296 g/mol. The van der Waals surface area contributed by atoms with Crippen LogP contribution in [0.2, 0.25) is 0 Å². The summed E-state index contributed by atoms with van der Waals surface area (Å²) in [5.41, 5.74) is 1.65. The van der Waals surface area contributed by atoms with E-state index in [0.29, 0.717) is 33.3 Å². The highest BCUT2D eigenvalue weighted by molar-refractivity contribution is 9.10. The van der Waals surface area contributed by atoms with Gasteiger partial charge in [-0.3, -0.25) is 9.89 Å². The van der Waals surface area contributed by atoms with E-state index in [2.05, 4.69) is 36.2 Å². The summed E-state index contributed by atoms with van der Waals surface area (Å²) in [6.45, 7) is 1.77. The maximum absolute atomic E-state index is 10.9. The molecule has 17 heavy (non-hydrogen) atoms. The molecule has 0 spiro atoms. The number of hydrogen-bond acceptors (Lipinski definition) is 5. The van der Waals surface area contributed by atoms with Crippen molar-refractivity contribution in [2.45, 2.75) is 6.92 Å². The lowest BCUT2D eigenvalue weighted by atomic mass is 10.2. The molecule has 1 N–H and O–H groups in total. The first-order chi connectivity index (χ1) is 8.20. The number of carbonyl (C=O) groups excluding carboxylic acids is 1. The zero-order valence-electron chi connectivity index (χ0n) is 8.64. The molecule has 3 heterocycles. The fourth-order valence-corrected chi connectivity index (χ4v) is 1.99. The number of carbonyl (C=O) groups is 1. The van der Waals surface area contributed by atoms with Crippen LogP contribution in [0.4, 0.5) is 0 Å². The minimum Gasteiger partial charge on any atom is -0.427 e. The fourth-order valence-electron chi connectivity index (χ4n) is 1.68. The Morgan fingerprint density at radius 3 is 3.18 bits per heavy atom. The van der Waals surface area contributed by atoms with Gasteiger partial charge >= 0.3 is 5.84 Å². The number of fused-ring (bicyclic) bond motifs is 1. The number of aromatic nitrogens is 5. The first kappa shape index (κ1) is 10.2. The van der Waals surface area contributed by atoms with Gasteiger partial charge < -0.3 is 4.42 Å². The summed E-state index contributed by atoms with van der Waals surface area (Å²) in [5, 5.41) is 10.7. The zero-order chi connectivity index (χ0) is 12.0. The lowest BCUT2D eigenvalue weighted by Crippen LogP contribution is -1.93. The van der Waals surface area contributed by atoms with Crippen molar-refractivity contribution in [3.05, 3.63) is 22.3 Å². The zero-order valence-corrected chi connectivity index (χ0v) is 10.2. The molecule has 3 aromatic rings. The molecule has 0 aromatic carbocycles. The van der Waals surface area contributed by atoms with Gasteiger partial charge in [-0.1, -0.05) is 0 Å². The van der Waals surface area contributed by atoms with Crippen molar-refractivity contribution in [2.24, 2.45) is 0 Å². The molecule has 0 saturated heterocycles. The van der Waals surface area contributed by atoms with Gasteiger partial charge in [-0.25, -0.2) is 0 Å². The molecule has 0 unspecified atom stereocenters. The summed E-state index contributed by atoms with van der Waals surface area (Å²) in [7, 11) is 0. The molecule has 0 aliphatic rings. The number of H-pyrrole nitrogens is 1. The maximum Gasteiger partial charge on any atom is 0.326 e. The molecule has 3 aromatic heterocycles. The van der Waals surface area contributed by atoms with Gasteiger partial charge in [0.2, 0.25) is 4.73 Å². The molecule has 0 atom stereocenters.